The van der Waals surface area contributed by atoms with Crippen LogP contribution in [0.15, 0.2) is 22.6 Å². The number of nitrogen functional groups attached to an aromatic ring is 1. The van der Waals surface area contributed by atoms with E-state index in [1.54, 1.807) is 24.3 Å². The van der Waals surface area contributed by atoms with E-state index in [1.807, 2.05) is 0 Å². The van der Waals surface area contributed by atoms with E-state index in [2.05, 4.69) is 16.8 Å². The highest BCUT2D eigenvalue weighted by atomic mass is 16.4. The third-order valence-electron chi connectivity index (χ3n) is 1.67. The van der Waals surface area contributed by atoms with E-state index in [0.29, 0.717) is 16.7 Å². The van der Waals surface area contributed by atoms with Crippen LogP contribution in [0.25, 0.3) is 11.1 Å². The number of anilines is 1. The number of oxazole rings is 1. The predicted molar refractivity (Wildman–Crippen MR) is 50.9 cm³/mol. The number of rotatable bonds is 0. The molecule has 0 aliphatic carbocycles. The van der Waals surface area contributed by atoms with Gasteiger partial charge in [-0.25, -0.2) is 0 Å². The summed E-state index contributed by atoms with van der Waals surface area (Å²) >= 11 is 0. The molecule has 0 amide bonds. The highest BCUT2D eigenvalue weighted by molar-refractivity contribution is 5.76. The quantitative estimate of drug-likeness (QED) is 0.624. The maximum absolute atomic E-state index is 8.27. The smallest absolute Gasteiger partial charge is 0.292 e. The van der Waals surface area contributed by atoms with Gasteiger partial charge >= 0.3 is 0 Å². The van der Waals surface area contributed by atoms with Crippen molar-refractivity contribution in [2.75, 3.05) is 5.73 Å². The van der Waals surface area contributed by atoms with Crippen LogP contribution in [-0.4, -0.2) is 4.98 Å². The number of nitrogens with two attached hydrogens (primary N) is 1. The molecule has 4 heteroatoms. The zero-order chi connectivity index (χ0) is 9.97. The molecule has 0 bridgehead atoms. The lowest BCUT2D eigenvalue weighted by atomic mass is 10.2. The zero-order valence-corrected chi connectivity index (χ0v) is 7.11. The average Bonchev–Trinajstić information content (AvgIpc) is 2.54. The second-order valence-electron chi connectivity index (χ2n) is 2.60. The van der Waals surface area contributed by atoms with Gasteiger partial charge < -0.3 is 10.2 Å². The molecule has 1 aromatic heterocycles. The Balaban J connectivity index is 2.57. The molecule has 0 radical (unpaired) electrons. The molecule has 66 valence electrons. The number of hydrogen-bond donors (Lipinski definition) is 1. The van der Waals surface area contributed by atoms with Gasteiger partial charge in [-0.05, 0) is 18.2 Å². The Morgan fingerprint density at radius 3 is 3.07 bits per heavy atom. The van der Waals surface area contributed by atoms with E-state index in [0.717, 1.165) is 0 Å². The minimum atomic E-state index is 0.130. The maximum atomic E-state index is 8.27. The number of nitrogens with zero attached hydrogens (tertiary/aromatic N) is 2. The van der Waals surface area contributed by atoms with Gasteiger partial charge in [0.25, 0.3) is 6.01 Å². The fourth-order valence-electron chi connectivity index (χ4n) is 1.12. The molecule has 0 aliphatic rings. The van der Waals surface area contributed by atoms with Gasteiger partial charge in [0, 0.05) is 11.5 Å². The van der Waals surface area contributed by atoms with Gasteiger partial charge in [0.05, 0.1) is 0 Å². The van der Waals surface area contributed by atoms with Crippen LogP contribution >= 0.6 is 0 Å². The van der Waals surface area contributed by atoms with E-state index >= 15 is 0 Å². The highest BCUT2D eigenvalue weighted by Crippen LogP contribution is 2.17. The molecule has 2 aromatic rings. The molecule has 0 aliphatic heterocycles. The van der Waals surface area contributed by atoms with Crippen LogP contribution in [0.3, 0.4) is 0 Å². The van der Waals surface area contributed by atoms with Gasteiger partial charge in [-0.15, -0.1) is 0 Å². The van der Waals surface area contributed by atoms with Crippen LogP contribution in [0.4, 0.5) is 6.01 Å². The van der Waals surface area contributed by atoms with E-state index in [-0.39, 0.29) is 6.01 Å². The van der Waals surface area contributed by atoms with Crippen molar-refractivity contribution < 1.29 is 4.42 Å². The van der Waals surface area contributed by atoms with Gasteiger partial charge in [0.2, 0.25) is 0 Å². The fraction of sp³-hybridized carbons (Fsp3) is 0. The van der Waals surface area contributed by atoms with Crippen LogP contribution in [0, 0.1) is 23.2 Å². The van der Waals surface area contributed by atoms with Crippen molar-refractivity contribution in [3.8, 4) is 17.9 Å². The lowest BCUT2D eigenvalue weighted by molar-refractivity contribution is 0.626. The van der Waals surface area contributed by atoms with E-state index in [4.69, 9.17) is 15.4 Å². The third kappa shape index (κ3) is 1.37. The third-order valence-corrected chi connectivity index (χ3v) is 1.67. The van der Waals surface area contributed by atoms with E-state index in [9.17, 15) is 0 Å². The van der Waals surface area contributed by atoms with Crippen molar-refractivity contribution in [1.82, 2.24) is 4.98 Å². The van der Waals surface area contributed by atoms with Crippen molar-refractivity contribution in [2.45, 2.75) is 0 Å². The Morgan fingerprint density at radius 2 is 2.29 bits per heavy atom. The summed E-state index contributed by atoms with van der Waals surface area (Å²) in [5.74, 6) is 4.96. The Kier molecular flexibility index (Phi) is 1.82. The van der Waals surface area contributed by atoms with Gasteiger partial charge in [0.15, 0.2) is 11.7 Å². The van der Waals surface area contributed by atoms with Crippen molar-refractivity contribution in [2.24, 2.45) is 0 Å². The Bertz CT molecular complexity index is 581. The van der Waals surface area contributed by atoms with Crippen molar-refractivity contribution in [3.05, 3.63) is 23.8 Å². The SMILES string of the molecule is N#CC#Cc1ccc2oc(N)nc2c1. The van der Waals surface area contributed by atoms with Crippen molar-refractivity contribution in [1.29, 1.82) is 5.26 Å². The molecule has 0 saturated heterocycles. The second kappa shape index (κ2) is 3.12. The number of aromatic nitrogens is 1. The lowest BCUT2D eigenvalue weighted by Crippen LogP contribution is -1.80. The van der Waals surface area contributed by atoms with E-state index < -0.39 is 0 Å². The average molecular weight is 183 g/mol. The minimum Gasteiger partial charge on any atom is -0.424 e. The molecule has 1 heterocycles. The summed E-state index contributed by atoms with van der Waals surface area (Å²) in [6, 6.07) is 7.06. The molecule has 4 nitrogen and oxygen atoms in total. The molecule has 0 fully saturated rings. The molecule has 2 rings (SSSR count). The fourth-order valence-corrected chi connectivity index (χ4v) is 1.12. The number of hydrogen-bond acceptors (Lipinski definition) is 4. The van der Waals surface area contributed by atoms with Crippen LogP contribution in [0.2, 0.25) is 0 Å². The van der Waals surface area contributed by atoms with Gasteiger partial charge in [-0.1, -0.05) is 5.92 Å². The monoisotopic (exact) mass is 183 g/mol. The van der Waals surface area contributed by atoms with Gasteiger partial charge in [-0.3, -0.25) is 0 Å². The summed E-state index contributed by atoms with van der Waals surface area (Å²) < 4.78 is 5.08. The topological polar surface area (TPSA) is 75.8 Å². The molecular formula is C10H5N3O. The van der Waals surface area contributed by atoms with Crippen LogP contribution in [0.1, 0.15) is 5.56 Å². The second-order valence-corrected chi connectivity index (χ2v) is 2.60. The van der Waals surface area contributed by atoms with Gasteiger partial charge in [0.1, 0.15) is 5.52 Å². The zero-order valence-electron chi connectivity index (χ0n) is 7.11. The molecule has 2 N–H and O–H groups in total. The molecule has 14 heavy (non-hydrogen) atoms. The van der Waals surface area contributed by atoms with Crippen LogP contribution < -0.4 is 5.73 Å². The first kappa shape index (κ1) is 8.15. The van der Waals surface area contributed by atoms with Crippen LogP contribution in [0.5, 0.6) is 0 Å². The summed E-state index contributed by atoms with van der Waals surface area (Å²) in [7, 11) is 0. The number of nitriles is 1. The molecule has 0 unspecified atom stereocenters. The van der Waals surface area contributed by atoms with Gasteiger partial charge in [-0.2, -0.15) is 10.2 Å². The molecule has 0 saturated carbocycles. The molecule has 0 atom stereocenters. The van der Waals surface area contributed by atoms with Crippen LogP contribution in [-0.2, 0) is 0 Å². The summed E-state index contributed by atoms with van der Waals surface area (Å²) in [6.07, 6.45) is 0. The first-order valence-electron chi connectivity index (χ1n) is 3.86. The lowest BCUT2D eigenvalue weighted by Gasteiger charge is -1.87. The molecular weight excluding hydrogens is 178 g/mol. The van der Waals surface area contributed by atoms with E-state index in [1.165, 1.54) is 0 Å². The summed E-state index contributed by atoms with van der Waals surface area (Å²) in [4.78, 5) is 3.94. The summed E-state index contributed by atoms with van der Waals surface area (Å²) in [5, 5.41) is 8.27. The normalized spacial score (nSPS) is 9.07. The highest BCUT2D eigenvalue weighted by Gasteiger charge is 2.01. The largest absolute Gasteiger partial charge is 0.424 e. The number of fused-ring (bicyclic) bond motifs is 1. The van der Waals surface area contributed by atoms with Crippen molar-refractivity contribution >= 4 is 17.1 Å². The Morgan fingerprint density at radius 1 is 1.43 bits per heavy atom. The Labute approximate surface area is 80.0 Å². The summed E-state index contributed by atoms with van der Waals surface area (Å²) in [5.41, 5.74) is 7.35. The van der Waals surface area contributed by atoms with Crippen molar-refractivity contribution in [3.63, 3.8) is 0 Å². The minimum absolute atomic E-state index is 0.130. The standard InChI is InChI=1S/C10H5N3O/c11-5-1-2-7-3-4-9-8(6-7)13-10(12)14-9/h3-4,6H,(H2,12,13). The molecule has 1 aromatic carbocycles. The number of benzene rings is 1. The first-order valence-corrected chi connectivity index (χ1v) is 3.86. The summed E-state index contributed by atoms with van der Waals surface area (Å²) in [6.45, 7) is 0. The first-order chi connectivity index (χ1) is 6.79. The Hall–Kier alpha value is -2.46. The molecule has 0 spiro atoms. The predicted octanol–water partition coefficient (Wildman–Crippen LogP) is 1.29. The maximum Gasteiger partial charge on any atom is 0.292 e.